The molecular weight excluding hydrogens is 267 g/mol. The smallest absolute Gasteiger partial charge is 0.163 e. The van der Waals surface area contributed by atoms with E-state index in [-0.39, 0.29) is 11.6 Å². The molecule has 1 fully saturated rings. The van der Waals surface area contributed by atoms with Gasteiger partial charge in [-0.15, -0.1) is 0 Å². The minimum absolute atomic E-state index is 0.0423. The van der Waals surface area contributed by atoms with Crippen molar-refractivity contribution in [1.29, 1.82) is 0 Å². The van der Waals surface area contributed by atoms with Crippen LogP contribution in [0.1, 0.15) is 42.6 Å². The Morgan fingerprint density at radius 1 is 1.29 bits per heavy atom. The second-order valence-corrected chi connectivity index (χ2v) is 5.88. The number of nitrogens with zero attached hydrogens (tertiary/aromatic N) is 1. The second kappa shape index (κ2) is 7.03. The zero-order valence-corrected chi connectivity index (χ0v) is 13.3. The highest BCUT2D eigenvalue weighted by Gasteiger charge is 2.22. The Balaban J connectivity index is 2.19. The van der Waals surface area contributed by atoms with Gasteiger partial charge in [-0.3, -0.25) is 4.79 Å². The zero-order chi connectivity index (χ0) is 15.4. The van der Waals surface area contributed by atoms with E-state index in [0.717, 1.165) is 44.7 Å². The first-order valence-electron chi connectivity index (χ1n) is 7.98. The molecule has 0 aliphatic carbocycles. The number of rotatable bonds is 5. The van der Waals surface area contributed by atoms with Gasteiger partial charge in [0, 0.05) is 12.0 Å². The fourth-order valence-electron chi connectivity index (χ4n) is 2.99. The van der Waals surface area contributed by atoms with Crippen molar-refractivity contribution in [3.8, 4) is 0 Å². The van der Waals surface area contributed by atoms with Gasteiger partial charge in [0.1, 0.15) is 5.82 Å². The molecular formula is C17H26FN2O+. The average Bonchev–Trinajstić information content (AvgIpc) is 2.49. The van der Waals surface area contributed by atoms with Gasteiger partial charge >= 0.3 is 0 Å². The number of piperazine rings is 1. The number of anilines is 1. The summed E-state index contributed by atoms with van der Waals surface area (Å²) in [7, 11) is 0. The van der Waals surface area contributed by atoms with Crippen LogP contribution in [0.5, 0.6) is 0 Å². The van der Waals surface area contributed by atoms with E-state index >= 15 is 0 Å². The maximum Gasteiger partial charge on any atom is 0.163 e. The summed E-state index contributed by atoms with van der Waals surface area (Å²) in [6.07, 6.45) is 1.28. The van der Waals surface area contributed by atoms with Crippen molar-refractivity contribution in [3.05, 3.63) is 29.1 Å². The maximum absolute atomic E-state index is 14.4. The van der Waals surface area contributed by atoms with Crippen molar-refractivity contribution in [2.24, 2.45) is 0 Å². The number of nitrogens with one attached hydrogen (secondary N) is 1. The van der Waals surface area contributed by atoms with E-state index in [0.29, 0.717) is 17.7 Å². The molecule has 1 aromatic rings. The highest BCUT2D eigenvalue weighted by Crippen LogP contribution is 2.25. The number of hydrogen-bond donors (Lipinski definition) is 1. The van der Waals surface area contributed by atoms with Crippen LogP contribution in [0.4, 0.5) is 10.1 Å². The molecule has 0 amide bonds. The third kappa shape index (κ3) is 3.62. The Hall–Kier alpha value is -1.42. The van der Waals surface area contributed by atoms with Gasteiger partial charge in [0.15, 0.2) is 5.78 Å². The van der Waals surface area contributed by atoms with Gasteiger partial charge in [0.2, 0.25) is 0 Å². The molecule has 0 aromatic heterocycles. The van der Waals surface area contributed by atoms with Gasteiger partial charge in [-0.1, -0.05) is 6.92 Å². The number of quaternary nitrogens is 1. The van der Waals surface area contributed by atoms with E-state index in [1.807, 2.05) is 19.9 Å². The van der Waals surface area contributed by atoms with Crippen molar-refractivity contribution >= 4 is 11.5 Å². The molecule has 21 heavy (non-hydrogen) atoms. The number of Topliss-reactive ketones (excluding diaryl/α,β-unsaturated/α-hetero) is 1. The van der Waals surface area contributed by atoms with Gasteiger partial charge in [-0.05, 0) is 38.0 Å². The van der Waals surface area contributed by atoms with Crippen LogP contribution in [-0.2, 0) is 0 Å². The molecule has 0 unspecified atom stereocenters. The van der Waals surface area contributed by atoms with Gasteiger partial charge in [0.05, 0.1) is 38.4 Å². The number of hydrogen-bond acceptors (Lipinski definition) is 2. The van der Waals surface area contributed by atoms with Crippen molar-refractivity contribution in [3.63, 3.8) is 0 Å². The molecule has 0 bridgehead atoms. The van der Waals surface area contributed by atoms with Crippen LogP contribution < -0.4 is 9.80 Å². The number of ketones is 1. The maximum atomic E-state index is 14.4. The molecule has 0 spiro atoms. The highest BCUT2D eigenvalue weighted by atomic mass is 19.1. The quantitative estimate of drug-likeness (QED) is 0.838. The van der Waals surface area contributed by atoms with Crippen LogP contribution in [0.2, 0.25) is 0 Å². The average molecular weight is 293 g/mol. The van der Waals surface area contributed by atoms with Crippen molar-refractivity contribution in [2.75, 3.05) is 37.6 Å². The van der Waals surface area contributed by atoms with Gasteiger partial charge < -0.3 is 9.80 Å². The molecule has 1 aliphatic rings. The number of carbonyl (C=O) groups excluding carboxylic acids is 1. The topological polar surface area (TPSA) is 24.8 Å². The minimum atomic E-state index is -0.264. The van der Waals surface area contributed by atoms with E-state index in [2.05, 4.69) is 11.8 Å². The molecule has 1 saturated heterocycles. The van der Waals surface area contributed by atoms with Crippen LogP contribution in [0.25, 0.3) is 0 Å². The second-order valence-electron chi connectivity index (χ2n) is 5.88. The molecule has 1 heterocycles. The first kappa shape index (κ1) is 16.0. The van der Waals surface area contributed by atoms with Gasteiger partial charge in [-0.2, -0.15) is 0 Å². The SMILES string of the molecule is CCCC(=O)c1cc(F)c(N2CC[NH+](CC)CC2)cc1C. The molecule has 1 N–H and O–H groups in total. The number of halogens is 1. The molecule has 0 radical (unpaired) electrons. The fourth-order valence-corrected chi connectivity index (χ4v) is 2.99. The summed E-state index contributed by atoms with van der Waals surface area (Å²) in [5.41, 5.74) is 2.07. The predicted octanol–water partition coefficient (Wildman–Crippen LogP) is 1.84. The molecule has 1 aromatic carbocycles. The molecule has 3 nitrogen and oxygen atoms in total. The molecule has 1 aliphatic heterocycles. The first-order chi connectivity index (χ1) is 10.1. The molecule has 116 valence electrons. The Bertz CT molecular complexity index is 508. The van der Waals surface area contributed by atoms with E-state index in [9.17, 15) is 9.18 Å². The number of likely N-dealkylation sites (N-methyl/N-ethyl adjacent to an activating group) is 1. The van der Waals surface area contributed by atoms with Crippen molar-refractivity contribution < 1.29 is 14.1 Å². The molecule has 2 rings (SSSR count). The number of aryl methyl sites for hydroxylation is 1. The third-order valence-electron chi connectivity index (χ3n) is 4.38. The molecule has 4 heteroatoms. The van der Waals surface area contributed by atoms with Crippen molar-refractivity contribution in [2.45, 2.75) is 33.6 Å². The van der Waals surface area contributed by atoms with Crippen molar-refractivity contribution in [1.82, 2.24) is 0 Å². The number of carbonyl (C=O) groups is 1. The first-order valence-corrected chi connectivity index (χ1v) is 7.98. The summed E-state index contributed by atoms with van der Waals surface area (Å²) >= 11 is 0. The Morgan fingerprint density at radius 2 is 1.95 bits per heavy atom. The van der Waals surface area contributed by atoms with Crippen LogP contribution in [0, 0.1) is 12.7 Å². The summed E-state index contributed by atoms with van der Waals surface area (Å²) in [6, 6.07) is 3.27. The lowest BCUT2D eigenvalue weighted by atomic mass is 10.00. The van der Waals surface area contributed by atoms with E-state index < -0.39 is 0 Å². The monoisotopic (exact) mass is 293 g/mol. The van der Waals surface area contributed by atoms with E-state index in [1.54, 1.807) is 4.90 Å². The summed E-state index contributed by atoms with van der Waals surface area (Å²) in [6.45, 7) is 11.0. The standard InChI is InChI=1S/C17H25FN2O/c1-4-6-17(21)14-12-15(18)16(11-13(14)3)20-9-7-19(5-2)8-10-20/h11-12H,4-10H2,1-3H3/p+1. The molecule has 0 atom stereocenters. The van der Waals surface area contributed by atoms with Gasteiger partial charge in [-0.25, -0.2) is 4.39 Å². The predicted molar refractivity (Wildman–Crippen MR) is 83.8 cm³/mol. The van der Waals surface area contributed by atoms with E-state index in [1.165, 1.54) is 6.07 Å². The summed E-state index contributed by atoms with van der Waals surface area (Å²) in [4.78, 5) is 15.7. The summed E-state index contributed by atoms with van der Waals surface area (Å²) in [5, 5.41) is 0. The minimum Gasteiger partial charge on any atom is -0.358 e. The molecule has 0 saturated carbocycles. The summed E-state index contributed by atoms with van der Waals surface area (Å²) < 4.78 is 14.4. The Labute approximate surface area is 126 Å². The lowest BCUT2D eigenvalue weighted by molar-refractivity contribution is -0.898. The lowest BCUT2D eigenvalue weighted by Crippen LogP contribution is -3.14. The largest absolute Gasteiger partial charge is 0.358 e. The normalized spacial score (nSPS) is 16.3. The van der Waals surface area contributed by atoms with Gasteiger partial charge in [0.25, 0.3) is 0 Å². The van der Waals surface area contributed by atoms with Crippen LogP contribution in [0.3, 0.4) is 0 Å². The fraction of sp³-hybridized carbons (Fsp3) is 0.588. The third-order valence-corrected chi connectivity index (χ3v) is 4.38. The van der Waals surface area contributed by atoms with Crippen LogP contribution in [0.15, 0.2) is 12.1 Å². The summed E-state index contributed by atoms with van der Waals surface area (Å²) in [5.74, 6) is -0.222. The van der Waals surface area contributed by atoms with Crippen LogP contribution in [-0.4, -0.2) is 38.5 Å². The Kier molecular flexibility index (Phi) is 5.34. The lowest BCUT2D eigenvalue weighted by Gasteiger charge is -2.33. The highest BCUT2D eigenvalue weighted by molar-refractivity contribution is 5.97. The number of benzene rings is 1. The zero-order valence-electron chi connectivity index (χ0n) is 13.3. The Morgan fingerprint density at radius 3 is 2.52 bits per heavy atom. The van der Waals surface area contributed by atoms with Crippen LogP contribution >= 0.6 is 0 Å². The van der Waals surface area contributed by atoms with E-state index in [4.69, 9.17) is 0 Å².